The number of methoxy groups -OCH3 is 1. The predicted molar refractivity (Wildman–Crippen MR) is 98.4 cm³/mol. The molecule has 1 atom stereocenters. The van der Waals surface area contributed by atoms with Crippen LogP contribution in [0.1, 0.15) is 43.9 Å². The van der Waals surface area contributed by atoms with Crippen LogP contribution in [-0.2, 0) is 9.53 Å². The van der Waals surface area contributed by atoms with Crippen molar-refractivity contribution >= 4 is 5.91 Å². The van der Waals surface area contributed by atoms with Crippen LogP contribution >= 0.6 is 0 Å². The van der Waals surface area contributed by atoms with Gasteiger partial charge in [-0.3, -0.25) is 9.89 Å². The molecule has 5 heteroatoms. The zero-order valence-electron chi connectivity index (χ0n) is 15.5. The van der Waals surface area contributed by atoms with Gasteiger partial charge in [0, 0.05) is 37.4 Å². The lowest BCUT2D eigenvalue weighted by molar-refractivity contribution is -0.152. The number of piperidine rings is 1. The van der Waals surface area contributed by atoms with Gasteiger partial charge in [0.2, 0.25) is 0 Å². The van der Waals surface area contributed by atoms with Crippen LogP contribution in [0, 0.1) is 6.92 Å². The summed E-state index contributed by atoms with van der Waals surface area (Å²) in [6.07, 6.45) is 3.93. The third-order valence-corrected chi connectivity index (χ3v) is 5.17. The lowest BCUT2D eigenvalue weighted by Gasteiger charge is -2.37. The number of hydrogen-bond acceptors (Lipinski definition) is 3. The zero-order chi connectivity index (χ0) is 18.0. The summed E-state index contributed by atoms with van der Waals surface area (Å²) < 4.78 is 5.37. The molecular formula is C20H27N3O2. The quantitative estimate of drug-likeness (QED) is 0.926. The Hall–Kier alpha value is -2.14. The predicted octanol–water partition coefficient (Wildman–Crippen LogP) is 3.52. The summed E-state index contributed by atoms with van der Waals surface area (Å²) in [4.78, 5) is 14.7. The number of carbonyl (C=O) groups is 1. The van der Waals surface area contributed by atoms with Crippen LogP contribution in [0.15, 0.2) is 30.5 Å². The third-order valence-electron chi connectivity index (χ3n) is 5.17. The molecular weight excluding hydrogens is 314 g/mol. The number of hydrogen-bond donors (Lipinski definition) is 1. The van der Waals surface area contributed by atoms with E-state index in [1.807, 2.05) is 24.9 Å². The third kappa shape index (κ3) is 3.61. The number of ether oxygens (including phenoxy) is 1. The summed E-state index contributed by atoms with van der Waals surface area (Å²) in [5, 5.41) is 7.46. The number of aryl methyl sites for hydroxylation is 1. The molecule has 1 fully saturated rings. The summed E-state index contributed by atoms with van der Waals surface area (Å²) in [5.74, 6) is 0.320. The highest BCUT2D eigenvalue weighted by atomic mass is 16.5. The van der Waals surface area contributed by atoms with E-state index < -0.39 is 5.60 Å². The first-order valence-electron chi connectivity index (χ1n) is 8.87. The molecule has 0 saturated carbocycles. The molecule has 1 aromatic carbocycles. The van der Waals surface area contributed by atoms with Gasteiger partial charge in [-0.15, -0.1) is 0 Å². The SMILES string of the molecule is COC(C)(C)C(=O)N1CCCC(c2[nH]ncc2-c2ccc(C)cc2)C1. The standard InChI is InChI=1S/C20H27N3O2/c1-14-7-9-15(10-8-14)17-12-21-22-18(17)16-6-5-11-23(13-16)19(24)20(2,3)25-4/h7-10,12,16H,5-6,11,13H2,1-4H3,(H,21,22). The van der Waals surface area contributed by atoms with Gasteiger partial charge in [0.05, 0.1) is 6.20 Å². The zero-order valence-corrected chi connectivity index (χ0v) is 15.5. The number of benzene rings is 1. The van der Waals surface area contributed by atoms with Crippen molar-refractivity contribution in [1.29, 1.82) is 0 Å². The highest BCUT2D eigenvalue weighted by Crippen LogP contribution is 2.33. The van der Waals surface area contributed by atoms with Crippen molar-refractivity contribution in [2.75, 3.05) is 20.2 Å². The molecule has 0 spiro atoms. The van der Waals surface area contributed by atoms with E-state index in [-0.39, 0.29) is 11.8 Å². The Bertz CT molecular complexity index is 734. The van der Waals surface area contributed by atoms with E-state index in [1.54, 1.807) is 7.11 Å². The molecule has 2 aromatic rings. The number of amides is 1. The molecule has 1 saturated heterocycles. The highest BCUT2D eigenvalue weighted by molar-refractivity contribution is 5.84. The Morgan fingerprint density at radius 3 is 2.72 bits per heavy atom. The molecule has 1 amide bonds. The summed E-state index contributed by atoms with van der Waals surface area (Å²) in [7, 11) is 1.59. The van der Waals surface area contributed by atoms with Gasteiger partial charge in [0.25, 0.3) is 5.91 Å². The Morgan fingerprint density at radius 2 is 2.04 bits per heavy atom. The molecule has 25 heavy (non-hydrogen) atoms. The molecule has 0 aliphatic carbocycles. The molecule has 0 radical (unpaired) electrons. The Labute approximate surface area is 149 Å². The van der Waals surface area contributed by atoms with Crippen LogP contribution < -0.4 is 0 Å². The van der Waals surface area contributed by atoms with Crippen molar-refractivity contribution in [3.8, 4) is 11.1 Å². The second-order valence-electron chi connectivity index (χ2n) is 7.37. The van der Waals surface area contributed by atoms with Crippen LogP contribution in [0.2, 0.25) is 0 Å². The average molecular weight is 341 g/mol. The number of aromatic nitrogens is 2. The number of aromatic amines is 1. The molecule has 0 bridgehead atoms. The number of nitrogens with one attached hydrogen (secondary N) is 1. The maximum Gasteiger partial charge on any atom is 0.254 e. The minimum Gasteiger partial charge on any atom is -0.369 e. The van der Waals surface area contributed by atoms with Gasteiger partial charge in [-0.2, -0.15) is 5.10 Å². The fourth-order valence-corrected chi connectivity index (χ4v) is 3.44. The minimum absolute atomic E-state index is 0.0519. The van der Waals surface area contributed by atoms with Crippen LogP contribution in [0.4, 0.5) is 0 Å². The molecule has 2 heterocycles. The molecule has 1 N–H and O–H groups in total. The second kappa shape index (κ2) is 7.00. The number of rotatable bonds is 4. The van der Waals surface area contributed by atoms with E-state index in [1.165, 1.54) is 5.56 Å². The van der Waals surface area contributed by atoms with Gasteiger partial charge in [-0.1, -0.05) is 29.8 Å². The maximum absolute atomic E-state index is 12.7. The number of likely N-dealkylation sites (tertiary alicyclic amines) is 1. The number of carbonyl (C=O) groups excluding carboxylic acids is 1. The molecule has 1 aliphatic heterocycles. The monoisotopic (exact) mass is 341 g/mol. The van der Waals surface area contributed by atoms with Crippen LogP contribution in [0.3, 0.4) is 0 Å². The lowest BCUT2D eigenvalue weighted by atomic mass is 9.89. The summed E-state index contributed by atoms with van der Waals surface area (Å²) in [5.41, 5.74) is 3.87. The van der Waals surface area contributed by atoms with E-state index in [4.69, 9.17) is 4.74 Å². The fraction of sp³-hybridized carbons (Fsp3) is 0.500. The normalized spacial score (nSPS) is 18.4. The summed E-state index contributed by atoms with van der Waals surface area (Å²) in [6.45, 7) is 7.23. The van der Waals surface area contributed by atoms with Crippen LogP contribution in [0.25, 0.3) is 11.1 Å². The summed E-state index contributed by atoms with van der Waals surface area (Å²) in [6, 6.07) is 8.49. The van der Waals surface area contributed by atoms with Crippen molar-refractivity contribution in [2.24, 2.45) is 0 Å². The van der Waals surface area contributed by atoms with Gasteiger partial charge in [0.15, 0.2) is 0 Å². The smallest absolute Gasteiger partial charge is 0.254 e. The van der Waals surface area contributed by atoms with E-state index in [0.29, 0.717) is 6.54 Å². The number of nitrogens with zero attached hydrogens (tertiary/aromatic N) is 2. The minimum atomic E-state index is -0.782. The Morgan fingerprint density at radius 1 is 1.32 bits per heavy atom. The van der Waals surface area contributed by atoms with Gasteiger partial charge >= 0.3 is 0 Å². The maximum atomic E-state index is 12.7. The van der Waals surface area contributed by atoms with Crippen LogP contribution in [-0.4, -0.2) is 46.8 Å². The first kappa shape index (κ1) is 17.7. The molecule has 3 rings (SSSR count). The van der Waals surface area contributed by atoms with E-state index in [9.17, 15) is 4.79 Å². The Kier molecular flexibility index (Phi) is 4.95. The molecule has 5 nitrogen and oxygen atoms in total. The van der Waals surface area contributed by atoms with Gasteiger partial charge < -0.3 is 9.64 Å². The first-order chi connectivity index (χ1) is 11.9. The van der Waals surface area contributed by atoms with Crippen LogP contribution in [0.5, 0.6) is 0 Å². The largest absolute Gasteiger partial charge is 0.369 e. The second-order valence-corrected chi connectivity index (χ2v) is 7.37. The van der Waals surface area contributed by atoms with E-state index in [0.717, 1.165) is 36.2 Å². The summed E-state index contributed by atoms with van der Waals surface area (Å²) >= 11 is 0. The van der Waals surface area contributed by atoms with Gasteiger partial charge in [-0.25, -0.2) is 0 Å². The molecule has 1 unspecified atom stereocenters. The van der Waals surface area contributed by atoms with Crippen molar-refractivity contribution in [2.45, 2.75) is 45.1 Å². The molecule has 1 aromatic heterocycles. The number of H-pyrrole nitrogens is 1. The topological polar surface area (TPSA) is 58.2 Å². The lowest BCUT2D eigenvalue weighted by Crippen LogP contribution is -2.49. The van der Waals surface area contributed by atoms with Crippen molar-refractivity contribution < 1.29 is 9.53 Å². The van der Waals surface area contributed by atoms with Crippen molar-refractivity contribution in [3.05, 3.63) is 41.7 Å². The van der Waals surface area contributed by atoms with Crippen molar-refractivity contribution in [3.63, 3.8) is 0 Å². The average Bonchev–Trinajstić information content (AvgIpc) is 3.11. The first-order valence-corrected chi connectivity index (χ1v) is 8.87. The van der Waals surface area contributed by atoms with E-state index >= 15 is 0 Å². The van der Waals surface area contributed by atoms with Gasteiger partial charge in [0.1, 0.15) is 5.60 Å². The fourth-order valence-electron chi connectivity index (χ4n) is 3.44. The van der Waals surface area contributed by atoms with Crippen molar-refractivity contribution in [1.82, 2.24) is 15.1 Å². The van der Waals surface area contributed by atoms with Gasteiger partial charge in [-0.05, 0) is 39.2 Å². The highest BCUT2D eigenvalue weighted by Gasteiger charge is 2.35. The molecule has 1 aliphatic rings. The Balaban J connectivity index is 1.82. The molecule has 134 valence electrons. The van der Waals surface area contributed by atoms with E-state index in [2.05, 4.69) is 41.4 Å².